The van der Waals surface area contributed by atoms with Crippen molar-refractivity contribution in [2.75, 3.05) is 4.90 Å². The van der Waals surface area contributed by atoms with Crippen LogP contribution in [0, 0.1) is 30.6 Å². The Morgan fingerprint density at radius 2 is 1.69 bits per heavy atom. The molecule has 4 saturated carbocycles. The third-order valence-electron chi connectivity index (χ3n) is 9.08. The zero-order valence-corrected chi connectivity index (χ0v) is 17.7. The number of para-hydroxylation sites is 1. The second-order valence-electron chi connectivity index (χ2n) is 10.4. The van der Waals surface area contributed by atoms with E-state index in [1.807, 2.05) is 6.20 Å². The Morgan fingerprint density at radius 1 is 1.00 bits per heavy atom. The van der Waals surface area contributed by atoms with Gasteiger partial charge in [-0.3, -0.25) is 4.40 Å². The van der Waals surface area contributed by atoms with Gasteiger partial charge in [0.2, 0.25) is 5.78 Å². The molecule has 4 aliphatic carbocycles. The summed E-state index contributed by atoms with van der Waals surface area (Å²) < 4.78 is 4.83. The van der Waals surface area contributed by atoms with Crippen molar-refractivity contribution < 1.29 is 0 Å². The highest BCUT2D eigenvalue weighted by Gasteiger charge is 2.66. The fourth-order valence-electron chi connectivity index (χ4n) is 8.47. The molecule has 29 heavy (non-hydrogen) atoms. The van der Waals surface area contributed by atoms with Crippen LogP contribution in [-0.2, 0) is 12.6 Å². The van der Waals surface area contributed by atoms with Crippen LogP contribution in [0.1, 0.15) is 62.0 Å². The van der Waals surface area contributed by atoms with Crippen LogP contribution in [0.2, 0.25) is 0 Å². The van der Waals surface area contributed by atoms with Crippen molar-refractivity contribution >= 4 is 11.5 Å². The maximum atomic E-state index is 4.73. The van der Waals surface area contributed by atoms with E-state index in [9.17, 15) is 0 Å². The zero-order chi connectivity index (χ0) is 19.5. The Hall–Kier alpha value is -2.23. The van der Waals surface area contributed by atoms with Crippen LogP contribution in [0.15, 0.2) is 36.7 Å². The van der Waals surface area contributed by atoms with E-state index >= 15 is 0 Å². The molecule has 0 amide bonds. The third kappa shape index (κ3) is 1.77. The molecule has 0 unspecified atom stereocenters. The van der Waals surface area contributed by atoms with Gasteiger partial charge in [0.15, 0.2) is 0 Å². The summed E-state index contributed by atoms with van der Waals surface area (Å²) in [5, 5.41) is 0. The van der Waals surface area contributed by atoms with Gasteiger partial charge < -0.3 is 9.47 Å². The second-order valence-corrected chi connectivity index (χ2v) is 10.4. The largest absolute Gasteiger partial charge is 0.351 e. The molecule has 4 heteroatoms. The normalized spacial score (nSPS) is 37.2. The van der Waals surface area contributed by atoms with Crippen molar-refractivity contribution in [2.45, 2.75) is 57.5 Å². The molecule has 2 aromatic heterocycles. The summed E-state index contributed by atoms with van der Waals surface area (Å²) in [6, 6.07) is 9.45. The number of aryl methyl sites for hydroxylation is 2. The molecule has 0 radical (unpaired) electrons. The molecule has 4 bridgehead atoms. The average molecular weight is 387 g/mol. The Labute approximate surface area is 172 Å². The summed E-state index contributed by atoms with van der Waals surface area (Å²) in [4.78, 5) is 7.61. The minimum Gasteiger partial charge on any atom is -0.351 e. The van der Waals surface area contributed by atoms with E-state index in [0.29, 0.717) is 6.04 Å². The molecule has 0 N–H and O–H groups in total. The predicted octanol–water partition coefficient (Wildman–Crippen LogP) is 5.21. The van der Waals surface area contributed by atoms with Gasteiger partial charge in [-0.15, -0.1) is 0 Å². The van der Waals surface area contributed by atoms with Gasteiger partial charge in [0.25, 0.3) is 0 Å². The van der Waals surface area contributed by atoms with Crippen molar-refractivity contribution in [3.05, 3.63) is 53.6 Å². The lowest BCUT2D eigenvalue weighted by Crippen LogP contribution is -2.62. The van der Waals surface area contributed by atoms with E-state index in [2.05, 4.69) is 65.2 Å². The Balaban J connectivity index is 1.57. The number of fused-ring (bicyclic) bond motifs is 3. The molecule has 1 aromatic carbocycles. The number of anilines is 1. The standard InChI is InChI=1S/C25H30N4/c1-15-6-4-5-7-21(15)29-16(2)22-23(28-9-8-26-24(28)27(22)3)25(29)19-11-17-10-18(13-19)14-20(25)12-17/h4-9,16-20H,10-14H2,1-3H3/t16-,17?,18?,19?,20?,25?/m0/s1. The van der Waals surface area contributed by atoms with Crippen molar-refractivity contribution in [2.24, 2.45) is 30.7 Å². The highest BCUT2D eigenvalue weighted by atomic mass is 15.4. The van der Waals surface area contributed by atoms with Gasteiger partial charge in [-0.05, 0) is 81.3 Å². The van der Waals surface area contributed by atoms with Crippen LogP contribution in [0.3, 0.4) is 0 Å². The number of imidazole rings is 2. The lowest BCUT2D eigenvalue weighted by Gasteiger charge is -2.63. The number of hydrogen-bond donors (Lipinski definition) is 0. The summed E-state index contributed by atoms with van der Waals surface area (Å²) in [6.45, 7) is 4.73. The number of rotatable bonds is 1. The first-order valence-corrected chi connectivity index (χ1v) is 11.5. The summed E-state index contributed by atoms with van der Waals surface area (Å²) in [6.07, 6.45) is 11.3. The number of aromatic nitrogens is 3. The summed E-state index contributed by atoms with van der Waals surface area (Å²) in [7, 11) is 2.22. The van der Waals surface area contributed by atoms with Crippen LogP contribution < -0.4 is 4.90 Å². The SMILES string of the molecule is Cc1ccccc1N1[C@@H](C)c2c(n3ccnc3n2C)C12C1CC3CC(C1)CC2C3. The lowest BCUT2D eigenvalue weighted by molar-refractivity contribution is -0.0623. The van der Waals surface area contributed by atoms with E-state index in [1.54, 1.807) is 5.69 Å². The van der Waals surface area contributed by atoms with Crippen molar-refractivity contribution in [1.29, 1.82) is 0 Å². The highest BCUT2D eigenvalue weighted by Crippen LogP contribution is 2.68. The maximum Gasteiger partial charge on any atom is 0.214 e. The van der Waals surface area contributed by atoms with Crippen molar-refractivity contribution in [3.8, 4) is 0 Å². The molecule has 0 saturated heterocycles. The Morgan fingerprint density at radius 3 is 2.38 bits per heavy atom. The molecule has 8 rings (SSSR count). The summed E-state index contributed by atoms with van der Waals surface area (Å²) in [5.41, 5.74) is 6.02. The van der Waals surface area contributed by atoms with Crippen molar-refractivity contribution in [3.63, 3.8) is 0 Å². The minimum atomic E-state index is 0.120. The van der Waals surface area contributed by atoms with E-state index in [-0.39, 0.29) is 5.54 Å². The van der Waals surface area contributed by atoms with E-state index in [0.717, 1.165) is 29.4 Å². The first-order valence-electron chi connectivity index (χ1n) is 11.5. The smallest absolute Gasteiger partial charge is 0.214 e. The summed E-state index contributed by atoms with van der Waals surface area (Å²) in [5.74, 6) is 4.55. The molecule has 1 atom stereocenters. The number of benzene rings is 1. The molecule has 1 aliphatic heterocycles. The molecular formula is C25H30N4. The first kappa shape index (κ1) is 16.6. The van der Waals surface area contributed by atoms with Gasteiger partial charge in [-0.2, -0.15) is 0 Å². The predicted molar refractivity (Wildman–Crippen MR) is 115 cm³/mol. The quantitative estimate of drug-likeness (QED) is 0.573. The average Bonchev–Trinajstić information content (AvgIpc) is 3.34. The molecule has 4 nitrogen and oxygen atoms in total. The Kier molecular flexibility index (Phi) is 3.01. The van der Waals surface area contributed by atoms with Crippen LogP contribution in [0.5, 0.6) is 0 Å². The first-order chi connectivity index (χ1) is 14.1. The van der Waals surface area contributed by atoms with Gasteiger partial charge in [0, 0.05) is 25.1 Å². The van der Waals surface area contributed by atoms with Gasteiger partial charge >= 0.3 is 0 Å². The number of nitrogens with zero attached hydrogens (tertiary/aromatic N) is 4. The highest BCUT2D eigenvalue weighted by molar-refractivity contribution is 5.65. The van der Waals surface area contributed by atoms with E-state index in [1.165, 1.54) is 49.0 Å². The lowest BCUT2D eigenvalue weighted by atomic mass is 9.47. The van der Waals surface area contributed by atoms with Crippen LogP contribution in [0.25, 0.3) is 5.78 Å². The van der Waals surface area contributed by atoms with Crippen LogP contribution >= 0.6 is 0 Å². The molecule has 3 aromatic rings. The molecule has 4 fully saturated rings. The van der Waals surface area contributed by atoms with E-state index < -0.39 is 0 Å². The fraction of sp³-hybridized carbons (Fsp3) is 0.560. The van der Waals surface area contributed by atoms with Gasteiger partial charge in [-0.25, -0.2) is 4.98 Å². The third-order valence-corrected chi connectivity index (χ3v) is 9.08. The number of hydrogen-bond acceptors (Lipinski definition) is 2. The zero-order valence-electron chi connectivity index (χ0n) is 17.7. The summed E-state index contributed by atoms with van der Waals surface area (Å²) >= 11 is 0. The second kappa shape index (κ2) is 5.27. The van der Waals surface area contributed by atoms with E-state index in [4.69, 9.17) is 4.98 Å². The molecule has 1 spiro atoms. The molecular weight excluding hydrogens is 356 g/mol. The van der Waals surface area contributed by atoms with Crippen molar-refractivity contribution in [1.82, 2.24) is 14.0 Å². The monoisotopic (exact) mass is 386 g/mol. The van der Waals surface area contributed by atoms with Gasteiger partial charge in [0.05, 0.1) is 23.0 Å². The maximum absolute atomic E-state index is 4.73. The fourth-order valence-corrected chi connectivity index (χ4v) is 8.47. The van der Waals surface area contributed by atoms with Gasteiger partial charge in [-0.1, -0.05) is 18.2 Å². The topological polar surface area (TPSA) is 25.5 Å². The Bertz CT molecular complexity index is 1110. The van der Waals surface area contributed by atoms with Crippen LogP contribution in [-0.4, -0.2) is 14.0 Å². The molecule has 3 heterocycles. The minimum absolute atomic E-state index is 0.120. The molecule has 5 aliphatic rings. The van der Waals surface area contributed by atoms with Gasteiger partial charge in [0.1, 0.15) is 0 Å². The van der Waals surface area contributed by atoms with Crippen LogP contribution in [0.4, 0.5) is 5.69 Å². The molecule has 150 valence electrons.